The predicted molar refractivity (Wildman–Crippen MR) is 69.1 cm³/mol. The maximum Gasteiger partial charge on any atom is 0.251 e. The number of rotatable bonds is 6. The molecule has 2 amide bonds. The van der Waals surface area contributed by atoms with Crippen LogP contribution >= 0.6 is 12.6 Å². The van der Waals surface area contributed by atoms with Gasteiger partial charge in [-0.1, -0.05) is 6.07 Å². The molecule has 1 aromatic rings. The van der Waals surface area contributed by atoms with E-state index in [1.165, 1.54) is 0 Å². The number of carbonyl (C=O) groups is 2. The van der Waals surface area contributed by atoms with Crippen molar-refractivity contribution >= 4 is 24.4 Å². The minimum Gasteiger partial charge on any atom is -0.370 e. The van der Waals surface area contributed by atoms with Gasteiger partial charge in [-0.2, -0.15) is 0 Å². The highest BCUT2D eigenvalue weighted by Gasteiger charge is 2.04. The summed E-state index contributed by atoms with van der Waals surface area (Å²) in [6, 6.07) is 7.04. The largest absolute Gasteiger partial charge is 0.370 e. The minimum absolute atomic E-state index is 0.125. The van der Waals surface area contributed by atoms with Gasteiger partial charge in [-0.05, 0) is 31.0 Å². The molecule has 0 unspecified atom stereocenters. The second kappa shape index (κ2) is 6.96. The molecule has 0 aliphatic rings. The number of benzene rings is 1. The second-order valence-corrected chi connectivity index (χ2v) is 4.25. The quantitative estimate of drug-likeness (QED) is 0.528. The molecule has 0 radical (unpaired) electrons. The number of hydrogen-bond acceptors (Lipinski definition) is 3. The third-order valence-corrected chi connectivity index (χ3v) is 2.52. The number of amides is 2. The van der Waals surface area contributed by atoms with Crippen LogP contribution < -0.4 is 11.1 Å². The van der Waals surface area contributed by atoms with Gasteiger partial charge in [0.1, 0.15) is 0 Å². The molecule has 1 rings (SSSR count). The van der Waals surface area contributed by atoms with Crippen molar-refractivity contribution in [2.75, 3.05) is 6.54 Å². The molecule has 5 heteroatoms. The number of nitrogens with two attached hydrogens (primary N) is 1. The van der Waals surface area contributed by atoms with Crippen LogP contribution in [0.4, 0.5) is 0 Å². The number of hydrogen-bond donors (Lipinski definition) is 3. The summed E-state index contributed by atoms with van der Waals surface area (Å²) in [6.45, 7) is 0.545. The first-order valence-corrected chi connectivity index (χ1v) is 5.90. The van der Waals surface area contributed by atoms with Crippen molar-refractivity contribution in [3.63, 3.8) is 0 Å². The van der Waals surface area contributed by atoms with Crippen LogP contribution in [0, 0.1) is 0 Å². The third-order valence-electron chi connectivity index (χ3n) is 2.24. The van der Waals surface area contributed by atoms with Crippen LogP contribution in [-0.4, -0.2) is 18.4 Å². The molecule has 0 aliphatic heterocycles. The normalized spacial score (nSPS) is 9.94. The van der Waals surface area contributed by atoms with Crippen LogP contribution in [0.1, 0.15) is 29.6 Å². The summed E-state index contributed by atoms with van der Waals surface area (Å²) in [5.74, 6) is -0.431. The molecule has 0 aromatic heterocycles. The van der Waals surface area contributed by atoms with Crippen molar-refractivity contribution in [2.45, 2.75) is 24.2 Å². The van der Waals surface area contributed by atoms with Crippen molar-refractivity contribution < 1.29 is 9.59 Å². The van der Waals surface area contributed by atoms with Crippen LogP contribution in [0.3, 0.4) is 0 Å². The average molecular weight is 252 g/mol. The number of unbranched alkanes of at least 4 members (excludes halogenated alkanes) is 1. The highest BCUT2D eigenvalue weighted by molar-refractivity contribution is 7.80. The Balaban J connectivity index is 2.28. The Morgan fingerprint density at radius 3 is 2.71 bits per heavy atom. The van der Waals surface area contributed by atoms with Gasteiger partial charge in [-0.15, -0.1) is 12.6 Å². The summed E-state index contributed by atoms with van der Waals surface area (Å²) >= 11 is 4.16. The lowest BCUT2D eigenvalue weighted by Crippen LogP contribution is -2.24. The molecular weight excluding hydrogens is 236 g/mol. The fourth-order valence-corrected chi connectivity index (χ4v) is 1.60. The SMILES string of the molecule is NC(=O)CCCCNC(=O)c1cccc(S)c1. The van der Waals surface area contributed by atoms with E-state index >= 15 is 0 Å². The molecule has 1 aromatic carbocycles. The molecule has 0 atom stereocenters. The van der Waals surface area contributed by atoms with Crippen molar-refractivity contribution in [3.8, 4) is 0 Å². The van der Waals surface area contributed by atoms with Crippen LogP contribution in [-0.2, 0) is 4.79 Å². The van der Waals surface area contributed by atoms with E-state index in [9.17, 15) is 9.59 Å². The summed E-state index contributed by atoms with van der Waals surface area (Å²) in [5.41, 5.74) is 5.60. The topological polar surface area (TPSA) is 72.2 Å². The van der Waals surface area contributed by atoms with Gasteiger partial charge in [0.2, 0.25) is 5.91 Å². The lowest BCUT2D eigenvalue weighted by Gasteiger charge is -2.05. The maximum absolute atomic E-state index is 11.7. The van der Waals surface area contributed by atoms with E-state index in [0.717, 1.165) is 11.3 Å². The van der Waals surface area contributed by atoms with E-state index in [4.69, 9.17) is 5.73 Å². The van der Waals surface area contributed by atoms with E-state index in [-0.39, 0.29) is 11.8 Å². The highest BCUT2D eigenvalue weighted by Crippen LogP contribution is 2.08. The summed E-state index contributed by atoms with van der Waals surface area (Å²) in [5, 5.41) is 2.77. The van der Waals surface area contributed by atoms with Gasteiger partial charge in [-0.3, -0.25) is 9.59 Å². The second-order valence-electron chi connectivity index (χ2n) is 3.73. The Morgan fingerprint density at radius 2 is 2.06 bits per heavy atom. The average Bonchev–Trinajstić information content (AvgIpc) is 2.28. The van der Waals surface area contributed by atoms with Crippen molar-refractivity contribution in [3.05, 3.63) is 29.8 Å². The fraction of sp³-hybridized carbons (Fsp3) is 0.333. The monoisotopic (exact) mass is 252 g/mol. The predicted octanol–water partition coefficient (Wildman–Crippen LogP) is 1.36. The molecule has 3 N–H and O–H groups in total. The van der Waals surface area contributed by atoms with Gasteiger partial charge in [-0.25, -0.2) is 0 Å². The third kappa shape index (κ3) is 5.40. The molecule has 0 aliphatic carbocycles. The summed E-state index contributed by atoms with van der Waals surface area (Å²) in [4.78, 5) is 22.9. The van der Waals surface area contributed by atoms with E-state index in [0.29, 0.717) is 24.9 Å². The Hall–Kier alpha value is -1.49. The van der Waals surface area contributed by atoms with E-state index in [2.05, 4.69) is 17.9 Å². The Morgan fingerprint density at radius 1 is 1.29 bits per heavy atom. The first kappa shape index (κ1) is 13.6. The molecule has 0 spiro atoms. The number of primary amides is 1. The zero-order valence-corrected chi connectivity index (χ0v) is 10.4. The maximum atomic E-state index is 11.7. The fourth-order valence-electron chi connectivity index (χ4n) is 1.38. The number of carbonyl (C=O) groups excluding carboxylic acids is 2. The van der Waals surface area contributed by atoms with Crippen molar-refractivity contribution in [2.24, 2.45) is 5.73 Å². The van der Waals surface area contributed by atoms with Crippen LogP contribution in [0.2, 0.25) is 0 Å². The molecule has 0 saturated carbocycles. The molecule has 0 bridgehead atoms. The van der Waals surface area contributed by atoms with Crippen LogP contribution in [0.25, 0.3) is 0 Å². The molecule has 0 heterocycles. The molecule has 0 saturated heterocycles. The Kier molecular flexibility index (Phi) is 5.56. The first-order valence-electron chi connectivity index (χ1n) is 5.45. The number of thiol groups is 1. The van der Waals surface area contributed by atoms with Gasteiger partial charge < -0.3 is 11.1 Å². The van der Waals surface area contributed by atoms with Crippen molar-refractivity contribution in [1.82, 2.24) is 5.32 Å². The summed E-state index contributed by atoms with van der Waals surface area (Å²) in [7, 11) is 0. The Bertz CT molecular complexity index is 407. The standard InChI is InChI=1S/C12H16N2O2S/c13-11(15)6-1-2-7-14-12(16)9-4-3-5-10(17)8-9/h3-5,8,17H,1-2,6-7H2,(H2,13,15)(H,14,16). The zero-order valence-electron chi connectivity index (χ0n) is 9.48. The molecule has 17 heavy (non-hydrogen) atoms. The lowest BCUT2D eigenvalue weighted by atomic mass is 10.2. The minimum atomic E-state index is -0.306. The lowest BCUT2D eigenvalue weighted by molar-refractivity contribution is -0.118. The van der Waals surface area contributed by atoms with E-state index in [1.807, 2.05) is 6.07 Å². The first-order chi connectivity index (χ1) is 8.09. The molecule has 0 fully saturated rings. The number of nitrogens with one attached hydrogen (secondary N) is 1. The van der Waals surface area contributed by atoms with Crippen LogP contribution in [0.15, 0.2) is 29.2 Å². The Labute approximate surface area is 106 Å². The highest BCUT2D eigenvalue weighted by atomic mass is 32.1. The van der Waals surface area contributed by atoms with Gasteiger partial charge in [0.25, 0.3) is 5.91 Å². The van der Waals surface area contributed by atoms with Gasteiger partial charge in [0.15, 0.2) is 0 Å². The van der Waals surface area contributed by atoms with Gasteiger partial charge in [0.05, 0.1) is 0 Å². The molecule has 92 valence electrons. The smallest absolute Gasteiger partial charge is 0.251 e. The van der Waals surface area contributed by atoms with Gasteiger partial charge >= 0.3 is 0 Å². The van der Waals surface area contributed by atoms with Crippen molar-refractivity contribution in [1.29, 1.82) is 0 Å². The molecular formula is C12H16N2O2S. The zero-order chi connectivity index (χ0) is 12.7. The summed E-state index contributed by atoms with van der Waals surface area (Å²) in [6.07, 6.45) is 1.81. The van der Waals surface area contributed by atoms with E-state index in [1.54, 1.807) is 18.2 Å². The molecule has 4 nitrogen and oxygen atoms in total. The summed E-state index contributed by atoms with van der Waals surface area (Å²) < 4.78 is 0. The van der Waals surface area contributed by atoms with Gasteiger partial charge in [0, 0.05) is 23.4 Å². The van der Waals surface area contributed by atoms with Crippen LogP contribution in [0.5, 0.6) is 0 Å². The van der Waals surface area contributed by atoms with E-state index < -0.39 is 0 Å².